The van der Waals surface area contributed by atoms with Crippen molar-refractivity contribution in [2.24, 2.45) is 0 Å². The fraction of sp³-hybridized carbons (Fsp3) is 0.647. The molecule has 0 saturated carbocycles. The summed E-state index contributed by atoms with van der Waals surface area (Å²) in [5, 5.41) is 3.68. The normalized spacial score (nSPS) is 16.1. The second-order valence-electron chi connectivity index (χ2n) is 5.34. The summed E-state index contributed by atoms with van der Waals surface area (Å²) in [5.41, 5.74) is 2.53. The van der Waals surface area contributed by atoms with Crippen LogP contribution in [0.15, 0.2) is 24.3 Å². The van der Waals surface area contributed by atoms with Crippen molar-refractivity contribution in [2.45, 2.75) is 59.1 Å². The molecule has 0 bridgehead atoms. The summed E-state index contributed by atoms with van der Waals surface area (Å²) >= 11 is 0. The molecule has 1 aromatic rings. The molecule has 2 atom stereocenters. The fourth-order valence-electron chi connectivity index (χ4n) is 2.57. The van der Waals surface area contributed by atoms with Gasteiger partial charge in [-0.3, -0.25) is 0 Å². The molecule has 1 rings (SSSR count). The Labute approximate surface area is 118 Å². The smallest absolute Gasteiger partial charge is 0.0845 e. The first-order valence-electron chi connectivity index (χ1n) is 7.51. The highest BCUT2D eigenvalue weighted by atomic mass is 16.5. The van der Waals surface area contributed by atoms with Crippen molar-refractivity contribution in [1.82, 2.24) is 5.32 Å². The number of nitrogens with one attached hydrogen (secondary N) is 1. The molecule has 0 aliphatic heterocycles. The Hall–Kier alpha value is -0.860. The molecule has 0 aromatic heterocycles. The molecule has 0 fully saturated rings. The Bertz CT molecular complexity index is 377. The van der Waals surface area contributed by atoms with Crippen LogP contribution in [0.5, 0.6) is 0 Å². The summed E-state index contributed by atoms with van der Waals surface area (Å²) in [6, 6.07) is 8.86. The van der Waals surface area contributed by atoms with Gasteiger partial charge < -0.3 is 10.1 Å². The highest BCUT2D eigenvalue weighted by Crippen LogP contribution is 2.33. The van der Waals surface area contributed by atoms with E-state index in [-0.39, 0.29) is 11.6 Å². The molecular formula is C17H29NO. The number of hydrogen-bond donors (Lipinski definition) is 1. The largest absolute Gasteiger partial charge is 0.374 e. The van der Waals surface area contributed by atoms with Crippen LogP contribution in [0.25, 0.3) is 0 Å². The Morgan fingerprint density at radius 1 is 1.21 bits per heavy atom. The van der Waals surface area contributed by atoms with Crippen molar-refractivity contribution in [1.29, 1.82) is 0 Å². The minimum Gasteiger partial charge on any atom is -0.374 e. The van der Waals surface area contributed by atoms with Gasteiger partial charge in [0, 0.05) is 6.61 Å². The molecule has 2 unspecified atom stereocenters. The van der Waals surface area contributed by atoms with Crippen LogP contribution in [0.3, 0.4) is 0 Å². The van der Waals surface area contributed by atoms with Gasteiger partial charge in [0.05, 0.1) is 11.6 Å². The van der Waals surface area contributed by atoms with E-state index in [2.05, 4.69) is 64.2 Å². The molecule has 0 aliphatic carbocycles. The second-order valence-corrected chi connectivity index (χ2v) is 5.34. The Morgan fingerprint density at radius 2 is 1.89 bits per heavy atom. The third-order valence-corrected chi connectivity index (χ3v) is 3.88. The summed E-state index contributed by atoms with van der Waals surface area (Å²) < 4.78 is 6.08. The van der Waals surface area contributed by atoms with Gasteiger partial charge in [0.2, 0.25) is 0 Å². The molecule has 1 N–H and O–H groups in total. The van der Waals surface area contributed by atoms with Gasteiger partial charge in [-0.15, -0.1) is 0 Å². The van der Waals surface area contributed by atoms with Crippen molar-refractivity contribution in [3.05, 3.63) is 35.4 Å². The van der Waals surface area contributed by atoms with E-state index in [0.717, 1.165) is 26.0 Å². The lowest BCUT2D eigenvalue weighted by molar-refractivity contribution is -0.0564. The summed E-state index contributed by atoms with van der Waals surface area (Å²) in [6.45, 7) is 12.6. The van der Waals surface area contributed by atoms with Gasteiger partial charge in [0.25, 0.3) is 0 Å². The van der Waals surface area contributed by atoms with Crippen molar-refractivity contribution in [3.8, 4) is 0 Å². The van der Waals surface area contributed by atoms with Gasteiger partial charge >= 0.3 is 0 Å². The van der Waals surface area contributed by atoms with E-state index < -0.39 is 0 Å². The molecule has 19 heavy (non-hydrogen) atoms. The quantitative estimate of drug-likeness (QED) is 0.757. The molecule has 2 heteroatoms. The van der Waals surface area contributed by atoms with E-state index in [9.17, 15) is 0 Å². The van der Waals surface area contributed by atoms with Crippen LogP contribution in [0.1, 0.15) is 57.7 Å². The first-order valence-corrected chi connectivity index (χ1v) is 7.51. The summed E-state index contributed by atoms with van der Waals surface area (Å²) in [7, 11) is 0. The predicted molar refractivity (Wildman–Crippen MR) is 82.5 cm³/mol. The molecule has 0 radical (unpaired) electrons. The number of aryl methyl sites for hydroxylation is 1. The zero-order valence-corrected chi connectivity index (χ0v) is 13.1. The lowest BCUT2D eigenvalue weighted by Crippen LogP contribution is -2.44. The van der Waals surface area contributed by atoms with Crippen molar-refractivity contribution >= 4 is 0 Å². The van der Waals surface area contributed by atoms with E-state index >= 15 is 0 Å². The summed E-state index contributed by atoms with van der Waals surface area (Å²) in [4.78, 5) is 0. The van der Waals surface area contributed by atoms with E-state index in [0.29, 0.717) is 0 Å². The van der Waals surface area contributed by atoms with Crippen LogP contribution >= 0.6 is 0 Å². The number of hydrogen-bond acceptors (Lipinski definition) is 2. The average Bonchev–Trinajstić information content (AvgIpc) is 2.41. The van der Waals surface area contributed by atoms with Crippen molar-refractivity contribution in [3.63, 3.8) is 0 Å². The Morgan fingerprint density at radius 3 is 2.42 bits per heavy atom. The summed E-state index contributed by atoms with van der Waals surface area (Å²) in [5.74, 6) is 0. The SMILES string of the molecule is CCCNC(c1ccccc1C)C(C)(CC)OCC. The minimum absolute atomic E-state index is 0.157. The summed E-state index contributed by atoms with van der Waals surface area (Å²) in [6.07, 6.45) is 2.13. The van der Waals surface area contributed by atoms with Crippen LogP contribution in [-0.2, 0) is 4.74 Å². The van der Waals surface area contributed by atoms with Gasteiger partial charge in [0.15, 0.2) is 0 Å². The van der Waals surface area contributed by atoms with Gasteiger partial charge in [-0.25, -0.2) is 0 Å². The van der Waals surface area contributed by atoms with Gasteiger partial charge in [0.1, 0.15) is 0 Å². The molecule has 0 aliphatic rings. The van der Waals surface area contributed by atoms with Crippen LogP contribution in [-0.4, -0.2) is 18.8 Å². The highest BCUT2D eigenvalue weighted by Gasteiger charge is 2.34. The first kappa shape index (κ1) is 16.2. The molecule has 0 spiro atoms. The number of ether oxygens (including phenoxy) is 1. The number of rotatable bonds is 8. The van der Waals surface area contributed by atoms with Crippen LogP contribution in [0.2, 0.25) is 0 Å². The monoisotopic (exact) mass is 263 g/mol. The predicted octanol–water partition coefficient (Wildman–Crippen LogP) is 4.24. The maximum Gasteiger partial charge on any atom is 0.0845 e. The minimum atomic E-state index is -0.157. The van der Waals surface area contributed by atoms with Crippen molar-refractivity contribution < 1.29 is 4.74 Å². The fourth-order valence-corrected chi connectivity index (χ4v) is 2.57. The maximum atomic E-state index is 6.08. The second kappa shape index (κ2) is 7.66. The van der Waals surface area contributed by atoms with Crippen molar-refractivity contribution in [2.75, 3.05) is 13.2 Å². The first-order chi connectivity index (χ1) is 9.09. The van der Waals surface area contributed by atoms with Crippen LogP contribution in [0.4, 0.5) is 0 Å². The molecular weight excluding hydrogens is 234 g/mol. The molecule has 0 saturated heterocycles. The Kier molecular flexibility index (Phi) is 6.53. The third-order valence-electron chi connectivity index (χ3n) is 3.88. The lowest BCUT2D eigenvalue weighted by atomic mass is 9.85. The van der Waals surface area contributed by atoms with E-state index in [1.807, 2.05) is 0 Å². The maximum absolute atomic E-state index is 6.08. The lowest BCUT2D eigenvalue weighted by Gasteiger charge is -2.38. The van der Waals surface area contributed by atoms with E-state index in [1.54, 1.807) is 0 Å². The molecule has 0 heterocycles. The zero-order valence-electron chi connectivity index (χ0n) is 13.1. The van der Waals surface area contributed by atoms with Crippen LogP contribution < -0.4 is 5.32 Å². The Balaban J connectivity index is 3.09. The molecule has 2 nitrogen and oxygen atoms in total. The standard InChI is InChI=1S/C17H29NO/c1-6-13-18-16(17(5,7-2)19-8-3)15-12-10-9-11-14(15)4/h9-12,16,18H,6-8,13H2,1-5H3. The topological polar surface area (TPSA) is 21.3 Å². The van der Waals surface area contributed by atoms with Gasteiger partial charge in [-0.05, 0) is 51.3 Å². The van der Waals surface area contributed by atoms with E-state index in [4.69, 9.17) is 4.74 Å². The number of benzene rings is 1. The highest BCUT2D eigenvalue weighted by molar-refractivity contribution is 5.30. The van der Waals surface area contributed by atoms with Gasteiger partial charge in [-0.2, -0.15) is 0 Å². The molecule has 0 amide bonds. The third kappa shape index (κ3) is 4.05. The molecule has 108 valence electrons. The average molecular weight is 263 g/mol. The zero-order chi connectivity index (χ0) is 14.3. The van der Waals surface area contributed by atoms with Crippen LogP contribution in [0, 0.1) is 6.92 Å². The van der Waals surface area contributed by atoms with Gasteiger partial charge in [-0.1, -0.05) is 38.1 Å². The molecule has 1 aromatic carbocycles. The van der Waals surface area contributed by atoms with E-state index in [1.165, 1.54) is 11.1 Å².